The van der Waals surface area contributed by atoms with Crippen LogP contribution in [-0.4, -0.2) is 58.9 Å². The van der Waals surface area contributed by atoms with Crippen LogP contribution in [0.15, 0.2) is 59.5 Å². The summed E-state index contributed by atoms with van der Waals surface area (Å²) in [5.41, 5.74) is -0.438. The standard InChI is InChI=1S/C22H26N2O7S2/c1-3-24(18-9-5-4-6-10-18)33(29,30)19-11-7-8-17(14-19)21(26)31-15-20(25)23-22(2)12-13-32(27,28)16-22/h4-11,14H,3,12-13,15-16H2,1-2H3,(H,23,25). The van der Waals surface area contributed by atoms with Crippen LogP contribution in [-0.2, 0) is 29.4 Å². The van der Waals surface area contributed by atoms with Gasteiger partial charge in [0.05, 0.1) is 33.2 Å². The normalized spacial score (nSPS) is 19.6. The molecule has 1 aliphatic heterocycles. The number of carbonyl (C=O) groups excluding carboxylic acids is 2. The summed E-state index contributed by atoms with van der Waals surface area (Å²) in [4.78, 5) is 24.5. The van der Waals surface area contributed by atoms with Crippen molar-refractivity contribution in [3.05, 3.63) is 60.2 Å². The number of nitrogens with one attached hydrogen (secondary N) is 1. The van der Waals surface area contributed by atoms with Gasteiger partial charge in [-0.1, -0.05) is 24.3 Å². The van der Waals surface area contributed by atoms with E-state index in [2.05, 4.69) is 5.32 Å². The third kappa shape index (κ3) is 5.91. The van der Waals surface area contributed by atoms with E-state index in [1.165, 1.54) is 28.6 Å². The van der Waals surface area contributed by atoms with Crippen LogP contribution >= 0.6 is 0 Å². The van der Waals surface area contributed by atoms with Gasteiger partial charge in [0.2, 0.25) is 0 Å². The maximum Gasteiger partial charge on any atom is 0.338 e. The molecule has 0 bridgehead atoms. The van der Waals surface area contributed by atoms with Gasteiger partial charge in [-0.2, -0.15) is 0 Å². The first kappa shape index (κ1) is 24.7. The maximum atomic E-state index is 13.1. The zero-order valence-corrected chi connectivity index (χ0v) is 20.0. The minimum absolute atomic E-state index is 0.0113. The lowest BCUT2D eigenvalue weighted by Crippen LogP contribution is -2.48. The minimum atomic E-state index is -3.94. The topological polar surface area (TPSA) is 127 Å². The van der Waals surface area contributed by atoms with E-state index in [-0.39, 0.29) is 34.9 Å². The number of benzene rings is 2. The number of amides is 1. The summed E-state index contributed by atoms with van der Waals surface area (Å²) in [6.07, 6.45) is 0.282. The molecule has 1 saturated heterocycles. The zero-order valence-electron chi connectivity index (χ0n) is 18.4. The van der Waals surface area contributed by atoms with Crippen LogP contribution in [0.1, 0.15) is 30.6 Å². The number of hydrogen-bond donors (Lipinski definition) is 1. The quantitative estimate of drug-likeness (QED) is 0.554. The van der Waals surface area contributed by atoms with Crippen molar-refractivity contribution in [2.45, 2.75) is 30.7 Å². The molecular weight excluding hydrogens is 468 g/mol. The minimum Gasteiger partial charge on any atom is -0.452 e. The molecule has 0 aromatic heterocycles. The Morgan fingerprint density at radius 1 is 1.12 bits per heavy atom. The highest BCUT2D eigenvalue weighted by atomic mass is 32.2. The van der Waals surface area contributed by atoms with Gasteiger partial charge in [-0.25, -0.2) is 21.6 Å². The fourth-order valence-electron chi connectivity index (χ4n) is 3.69. The molecule has 0 spiro atoms. The van der Waals surface area contributed by atoms with Crippen molar-refractivity contribution >= 4 is 37.4 Å². The summed E-state index contributed by atoms with van der Waals surface area (Å²) in [6, 6.07) is 14.0. The van der Waals surface area contributed by atoms with Gasteiger partial charge in [0.15, 0.2) is 16.4 Å². The molecule has 9 nitrogen and oxygen atoms in total. The fraction of sp³-hybridized carbons (Fsp3) is 0.364. The van der Waals surface area contributed by atoms with Crippen molar-refractivity contribution in [3.8, 4) is 0 Å². The van der Waals surface area contributed by atoms with Crippen LogP contribution in [0.2, 0.25) is 0 Å². The van der Waals surface area contributed by atoms with Crippen LogP contribution in [0, 0.1) is 0 Å². The summed E-state index contributed by atoms with van der Waals surface area (Å²) in [5.74, 6) is -1.68. The highest BCUT2D eigenvalue weighted by Gasteiger charge is 2.39. The average Bonchev–Trinajstić information content (AvgIpc) is 3.05. The number of hydrogen-bond acceptors (Lipinski definition) is 7. The molecule has 1 N–H and O–H groups in total. The summed E-state index contributed by atoms with van der Waals surface area (Å²) >= 11 is 0. The highest BCUT2D eigenvalue weighted by Crippen LogP contribution is 2.24. The second-order valence-electron chi connectivity index (χ2n) is 8.06. The number of sulfone groups is 1. The number of sulfonamides is 1. The molecule has 1 fully saturated rings. The molecule has 1 heterocycles. The van der Waals surface area contributed by atoms with Crippen molar-refractivity contribution in [2.75, 3.05) is 29.0 Å². The maximum absolute atomic E-state index is 13.1. The Kier molecular flexibility index (Phi) is 7.13. The Hall–Kier alpha value is -2.92. The second kappa shape index (κ2) is 9.52. The SMILES string of the molecule is CCN(c1ccccc1)S(=O)(=O)c1cccc(C(=O)OCC(=O)NC2(C)CCS(=O)(=O)C2)c1. The Bertz CT molecular complexity index is 1240. The van der Waals surface area contributed by atoms with Crippen molar-refractivity contribution in [1.82, 2.24) is 5.32 Å². The van der Waals surface area contributed by atoms with Crippen LogP contribution < -0.4 is 9.62 Å². The van der Waals surface area contributed by atoms with E-state index in [1.807, 2.05) is 0 Å². The molecule has 178 valence electrons. The second-order valence-corrected chi connectivity index (χ2v) is 12.1. The van der Waals surface area contributed by atoms with E-state index in [0.717, 1.165) is 0 Å². The number of para-hydroxylation sites is 1. The van der Waals surface area contributed by atoms with Gasteiger partial charge < -0.3 is 10.1 Å². The number of anilines is 1. The Morgan fingerprint density at radius 2 is 1.82 bits per heavy atom. The summed E-state index contributed by atoms with van der Waals surface area (Å²) in [6.45, 7) is 2.90. The molecule has 1 amide bonds. The summed E-state index contributed by atoms with van der Waals surface area (Å²) < 4.78 is 55.9. The van der Waals surface area contributed by atoms with Crippen LogP contribution in [0.3, 0.4) is 0 Å². The molecule has 1 unspecified atom stereocenters. The number of rotatable bonds is 8. The molecule has 3 rings (SSSR count). The lowest BCUT2D eigenvalue weighted by molar-refractivity contribution is -0.125. The van der Waals surface area contributed by atoms with E-state index in [9.17, 15) is 26.4 Å². The smallest absolute Gasteiger partial charge is 0.338 e. The van der Waals surface area contributed by atoms with Crippen LogP contribution in [0.5, 0.6) is 0 Å². The van der Waals surface area contributed by atoms with E-state index in [1.54, 1.807) is 44.2 Å². The van der Waals surface area contributed by atoms with Crippen molar-refractivity contribution in [2.24, 2.45) is 0 Å². The number of ether oxygens (including phenoxy) is 1. The molecule has 1 atom stereocenters. The molecule has 0 saturated carbocycles. The number of carbonyl (C=O) groups is 2. The Morgan fingerprint density at radius 3 is 2.42 bits per heavy atom. The Labute approximate surface area is 193 Å². The molecule has 2 aromatic carbocycles. The predicted molar refractivity (Wildman–Crippen MR) is 123 cm³/mol. The van der Waals surface area contributed by atoms with Gasteiger partial charge in [0.25, 0.3) is 15.9 Å². The van der Waals surface area contributed by atoms with Crippen molar-refractivity contribution in [1.29, 1.82) is 0 Å². The number of esters is 1. The lowest BCUT2D eigenvalue weighted by atomic mass is 10.0. The van der Waals surface area contributed by atoms with Gasteiger partial charge in [0.1, 0.15) is 0 Å². The van der Waals surface area contributed by atoms with Gasteiger partial charge in [0, 0.05) is 6.54 Å². The van der Waals surface area contributed by atoms with Crippen molar-refractivity contribution in [3.63, 3.8) is 0 Å². The van der Waals surface area contributed by atoms with Gasteiger partial charge in [-0.05, 0) is 50.6 Å². The van der Waals surface area contributed by atoms with E-state index in [4.69, 9.17) is 4.74 Å². The molecule has 0 aliphatic carbocycles. The molecule has 0 radical (unpaired) electrons. The monoisotopic (exact) mass is 494 g/mol. The average molecular weight is 495 g/mol. The van der Waals surface area contributed by atoms with E-state index < -0.39 is 43.9 Å². The lowest BCUT2D eigenvalue weighted by Gasteiger charge is -2.23. The van der Waals surface area contributed by atoms with Crippen molar-refractivity contribution < 1.29 is 31.2 Å². The van der Waals surface area contributed by atoms with E-state index in [0.29, 0.717) is 5.69 Å². The molecule has 33 heavy (non-hydrogen) atoms. The molecule has 11 heteroatoms. The Balaban J connectivity index is 1.69. The van der Waals surface area contributed by atoms with Crippen LogP contribution in [0.4, 0.5) is 5.69 Å². The first-order valence-corrected chi connectivity index (χ1v) is 13.6. The number of nitrogens with zero attached hydrogens (tertiary/aromatic N) is 1. The van der Waals surface area contributed by atoms with Gasteiger partial charge in [-0.3, -0.25) is 9.10 Å². The fourth-order valence-corrected chi connectivity index (χ4v) is 7.31. The highest BCUT2D eigenvalue weighted by molar-refractivity contribution is 7.92. The van der Waals surface area contributed by atoms with Gasteiger partial charge >= 0.3 is 5.97 Å². The third-order valence-corrected chi connectivity index (χ3v) is 9.07. The molecule has 2 aromatic rings. The first-order chi connectivity index (χ1) is 15.5. The summed E-state index contributed by atoms with van der Waals surface area (Å²) in [5, 5.41) is 2.60. The summed E-state index contributed by atoms with van der Waals surface area (Å²) in [7, 11) is -7.14. The zero-order chi connectivity index (χ0) is 24.3. The third-order valence-electron chi connectivity index (χ3n) is 5.27. The van der Waals surface area contributed by atoms with Gasteiger partial charge in [-0.15, -0.1) is 0 Å². The van der Waals surface area contributed by atoms with E-state index >= 15 is 0 Å². The van der Waals surface area contributed by atoms with Crippen LogP contribution in [0.25, 0.3) is 0 Å². The predicted octanol–water partition coefficient (Wildman–Crippen LogP) is 1.75. The largest absolute Gasteiger partial charge is 0.452 e. The molecule has 1 aliphatic rings. The molecular formula is C22H26N2O7S2. The first-order valence-electron chi connectivity index (χ1n) is 10.3.